The van der Waals surface area contributed by atoms with Gasteiger partial charge in [-0.1, -0.05) is 13.0 Å². The predicted octanol–water partition coefficient (Wildman–Crippen LogP) is 3.67. The maximum atomic E-state index is 12.4. The van der Waals surface area contributed by atoms with Crippen molar-refractivity contribution in [2.75, 3.05) is 5.32 Å². The molecule has 2 aromatic rings. The Morgan fingerprint density at radius 3 is 2.70 bits per heavy atom. The molecular weight excluding hydrogens is 318 g/mol. The third kappa shape index (κ3) is 3.22. The number of aryl methyl sites for hydroxylation is 3. The number of nitrogens with one attached hydrogen (secondary N) is 1. The van der Waals surface area contributed by atoms with Gasteiger partial charge in [0, 0.05) is 4.47 Å². The molecule has 104 valence electrons. The van der Waals surface area contributed by atoms with Gasteiger partial charge in [-0.3, -0.25) is 4.79 Å². The van der Waals surface area contributed by atoms with Gasteiger partial charge in [0.05, 0.1) is 22.6 Å². The van der Waals surface area contributed by atoms with Crippen LogP contribution in [0.2, 0.25) is 0 Å². The summed E-state index contributed by atoms with van der Waals surface area (Å²) in [4.78, 5) is 12.4. The maximum Gasteiger partial charge on any atom is 0.257 e. The third-order valence-electron chi connectivity index (χ3n) is 2.94. The van der Waals surface area contributed by atoms with E-state index in [0.717, 1.165) is 21.4 Å². The number of rotatable bonds is 3. The first-order valence-electron chi connectivity index (χ1n) is 6.42. The lowest BCUT2D eigenvalue weighted by Gasteiger charge is -2.10. The number of carbonyl (C=O) groups is 1. The molecule has 1 aromatic carbocycles. The van der Waals surface area contributed by atoms with E-state index in [9.17, 15) is 4.79 Å². The van der Waals surface area contributed by atoms with Gasteiger partial charge in [-0.25, -0.2) is 0 Å². The Hall–Kier alpha value is -1.75. The minimum atomic E-state index is -0.161. The summed E-state index contributed by atoms with van der Waals surface area (Å²) in [6.07, 6.45) is 0.672. The number of benzene rings is 1. The number of carbonyl (C=O) groups excluding carboxylic acids is 1. The van der Waals surface area contributed by atoms with E-state index in [4.69, 9.17) is 0 Å². The standard InChI is InChI=1S/C15H16BrN3O/c1-4-13-11(8-10(3)18-19-13)15(20)17-14-7-9(2)5-6-12(14)16/h5-8H,4H2,1-3H3,(H,17,20). The van der Waals surface area contributed by atoms with Gasteiger partial charge >= 0.3 is 0 Å². The molecule has 0 fully saturated rings. The van der Waals surface area contributed by atoms with Gasteiger partial charge in [-0.05, 0) is 60.0 Å². The zero-order valence-electron chi connectivity index (χ0n) is 11.7. The molecule has 1 N–H and O–H groups in total. The van der Waals surface area contributed by atoms with E-state index in [0.29, 0.717) is 17.7 Å². The van der Waals surface area contributed by atoms with Crippen molar-refractivity contribution in [2.24, 2.45) is 0 Å². The minimum absolute atomic E-state index is 0.161. The van der Waals surface area contributed by atoms with Crippen molar-refractivity contribution >= 4 is 27.5 Å². The number of halogens is 1. The zero-order chi connectivity index (χ0) is 14.7. The van der Waals surface area contributed by atoms with E-state index < -0.39 is 0 Å². The summed E-state index contributed by atoms with van der Waals surface area (Å²) in [5.41, 5.74) is 3.86. The summed E-state index contributed by atoms with van der Waals surface area (Å²) in [7, 11) is 0. The van der Waals surface area contributed by atoms with Crippen LogP contribution in [-0.4, -0.2) is 16.1 Å². The molecule has 4 nitrogen and oxygen atoms in total. The zero-order valence-corrected chi connectivity index (χ0v) is 13.3. The van der Waals surface area contributed by atoms with E-state index in [-0.39, 0.29) is 5.91 Å². The Balaban J connectivity index is 2.32. The molecule has 0 spiro atoms. The lowest BCUT2D eigenvalue weighted by molar-refractivity contribution is 0.102. The Labute approximate surface area is 126 Å². The van der Waals surface area contributed by atoms with Crippen molar-refractivity contribution in [2.45, 2.75) is 27.2 Å². The van der Waals surface area contributed by atoms with Crippen LogP contribution in [0.3, 0.4) is 0 Å². The Bertz CT molecular complexity index is 656. The topological polar surface area (TPSA) is 54.9 Å². The lowest BCUT2D eigenvalue weighted by Crippen LogP contribution is -2.16. The quantitative estimate of drug-likeness (QED) is 0.932. The van der Waals surface area contributed by atoms with Crippen LogP contribution < -0.4 is 5.32 Å². The molecule has 0 atom stereocenters. The third-order valence-corrected chi connectivity index (χ3v) is 3.63. The largest absolute Gasteiger partial charge is 0.321 e. The molecule has 20 heavy (non-hydrogen) atoms. The molecule has 5 heteroatoms. The van der Waals surface area contributed by atoms with Gasteiger partial charge in [0.25, 0.3) is 5.91 Å². The van der Waals surface area contributed by atoms with Crippen LogP contribution in [0.25, 0.3) is 0 Å². The molecule has 0 aliphatic heterocycles. The highest BCUT2D eigenvalue weighted by atomic mass is 79.9. The van der Waals surface area contributed by atoms with Crippen molar-refractivity contribution in [3.8, 4) is 0 Å². The molecule has 0 saturated heterocycles. The fraction of sp³-hybridized carbons (Fsp3) is 0.267. The second-order valence-corrected chi connectivity index (χ2v) is 5.49. The normalized spacial score (nSPS) is 10.4. The van der Waals surface area contributed by atoms with Gasteiger partial charge in [-0.2, -0.15) is 10.2 Å². The van der Waals surface area contributed by atoms with Crippen molar-refractivity contribution in [3.05, 3.63) is 51.3 Å². The monoisotopic (exact) mass is 333 g/mol. The number of hydrogen-bond donors (Lipinski definition) is 1. The molecule has 0 radical (unpaired) electrons. The predicted molar refractivity (Wildman–Crippen MR) is 83.0 cm³/mol. The molecule has 0 saturated carbocycles. The average Bonchev–Trinajstić information content (AvgIpc) is 2.42. The van der Waals surface area contributed by atoms with Crippen molar-refractivity contribution in [1.82, 2.24) is 10.2 Å². The van der Waals surface area contributed by atoms with Crippen LogP contribution in [0.4, 0.5) is 5.69 Å². The number of aromatic nitrogens is 2. The fourth-order valence-corrected chi connectivity index (χ4v) is 2.24. The van der Waals surface area contributed by atoms with Crippen LogP contribution in [0.5, 0.6) is 0 Å². The van der Waals surface area contributed by atoms with E-state index in [1.807, 2.05) is 39.0 Å². The molecule has 1 aromatic heterocycles. The first kappa shape index (κ1) is 14.7. The van der Waals surface area contributed by atoms with E-state index in [1.54, 1.807) is 6.07 Å². The summed E-state index contributed by atoms with van der Waals surface area (Å²) in [5.74, 6) is -0.161. The second kappa shape index (κ2) is 6.13. The SMILES string of the molecule is CCc1nnc(C)cc1C(=O)Nc1cc(C)ccc1Br. The van der Waals surface area contributed by atoms with Gasteiger partial charge in [0.1, 0.15) is 0 Å². The summed E-state index contributed by atoms with van der Waals surface area (Å²) < 4.78 is 0.855. The second-order valence-electron chi connectivity index (χ2n) is 4.64. The number of nitrogens with zero attached hydrogens (tertiary/aromatic N) is 2. The highest BCUT2D eigenvalue weighted by molar-refractivity contribution is 9.10. The van der Waals surface area contributed by atoms with Gasteiger partial charge < -0.3 is 5.32 Å². The molecule has 0 aliphatic carbocycles. The van der Waals surface area contributed by atoms with Gasteiger partial charge in [0.2, 0.25) is 0 Å². The number of amides is 1. The smallest absolute Gasteiger partial charge is 0.257 e. The van der Waals surface area contributed by atoms with Crippen LogP contribution in [0, 0.1) is 13.8 Å². The lowest BCUT2D eigenvalue weighted by atomic mass is 10.1. The molecule has 1 heterocycles. The first-order chi connectivity index (χ1) is 9.51. The summed E-state index contributed by atoms with van der Waals surface area (Å²) in [5, 5.41) is 11.0. The van der Waals surface area contributed by atoms with Gasteiger partial charge in [0.15, 0.2) is 0 Å². The molecule has 0 bridgehead atoms. The van der Waals surface area contributed by atoms with Crippen LogP contribution >= 0.6 is 15.9 Å². The van der Waals surface area contributed by atoms with Crippen molar-refractivity contribution in [1.29, 1.82) is 0 Å². The van der Waals surface area contributed by atoms with Crippen molar-refractivity contribution in [3.63, 3.8) is 0 Å². The number of anilines is 1. The van der Waals surface area contributed by atoms with E-state index in [2.05, 4.69) is 31.4 Å². The summed E-state index contributed by atoms with van der Waals surface area (Å²) in [6.45, 7) is 5.77. The van der Waals surface area contributed by atoms with E-state index >= 15 is 0 Å². The summed E-state index contributed by atoms with van der Waals surface area (Å²) in [6, 6.07) is 7.59. The van der Waals surface area contributed by atoms with Gasteiger partial charge in [-0.15, -0.1) is 0 Å². The highest BCUT2D eigenvalue weighted by Gasteiger charge is 2.14. The molecule has 1 amide bonds. The molecule has 0 aliphatic rings. The first-order valence-corrected chi connectivity index (χ1v) is 7.21. The minimum Gasteiger partial charge on any atom is -0.321 e. The van der Waals surface area contributed by atoms with Crippen LogP contribution in [-0.2, 0) is 6.42 Å². The van der Waals surface area contributed by atoms with Crippen LogP contribution in [0.1, 0.15) is 34.2 Å². The number of hydrogen-bond acceptors (Lipinski definition) is 3. The fourth-order valence-electron chi connectivity index (χ4n) is 1.90. The molecular formula is C15H16BrN3O. The Morgan fingerprint density at radius 2 is 2.00 bits per heavy atom. The van der Waals surface area contributed by atoms with E-state index in [1.165, 1.54) is 0 Å². The maximum absolute atomic E-state index is 12.4. The summed E-state index contributed by atoms with van der Waals surface area (Å²) >= 11 is 3.44. The molecule has 2 rings (SSSR count). The van der Waals surface area contributed by atoms with Crippen molar-refractivity contribution < 1.29 is 4.79 Å². The molecule has 0 unspecified atom stereocenters. The Kier molecular flexibility index (Phi) is 4.49. The highest BCUT2D eigenvalue weighted by Crippen LogP contribution is 2.24. The Morgan fingerprint density at radius 1 is 1.25 bits per heavy atom. The average molecular weight is 334 g/mol. The van der Waals surface area contributed by atoms with Crippen LogP contribution in [0.15, 0.2) is 28.7 Å².